The number of amides is 1. The van der Waals surface area contributed by atoms with E-state index >= 15 is 4.39 Å². The van der Waals surface area contributed by atoms with Gasteiger partial charge >= 0.3 is 12.3 Å². The van der Waals surface area contributed by atoms with Gasteiger partial charge in [0.1, 0.15) is 21.8 Å². The Kier molecular flexibility index (Phi) is 9.26. The number of pyridine rings is 2. The molecule has 1 saturated carbocycles. The summed E-state index contributed by atoms with van der Waals surface area (Å²) in [5, 5.41) is 6.27. The van der Waals surface area contributed by atoms with E-state index < -0.39 is 50.0 Å². The molecule has 3 heterocycles. The van der Waals surface area contributed by atoms with Crippen LogP contribution in [0.4, 0.5) is 34.0 Å². The number of fused-ring (bicyclic) bond motifs is 1. The Morgan fingerprint density at radius 1 is 0.979 bits per heavy atom. The molecule has 1 aromatic carbocycles. The summed E-state index contributed by atoms with van der Waals surface area (Å²) in [6.07, 6.45) is 0.0206. The van der Waals surface area contributed by atoms with Gasteiger partial charge in [-0.2, -0.15) is 13.2 Å². The number of alkyl halides is 3. The number of rotatable bonds is 7. The summed E-state index contributed by atoms with van der Waals surface area (Å²) >= 11 is 0. The van der Waals surface area contributed by atoms with Gasteiger partial charge in [-0.05, 0) is 89.3 Å². The lowest BCUT2D eigenvalue weighted by Crippen LogP contribution is -2.42. The summed E-state index contributed by atoms with van der Waals surface area (Å²) in [5.41, 5.74) is -0.322. The van der Waals surface area contributed by atoms with Gasteiger partial charge in [-0.3, -0.25) is 9.71 Å². The Hall–Kier alpha value is -4.60. The fourth-order valence-electron chi connectivity index (χ4n) is 5.22. The number of sulfonamides is 1. The number of halogens is 4. The topological polar surface area (TPSA) is 148 Å². The summed E-state index contributed by atoms with van der Waals surface area (Å²) in [4.78, 5) is 27.7. The summed E-state index contributed by atoms with van der Waals surface area (Å²) in [6.45, 7) is 7.25. The van der Waals surface area contributed by atoms with Crippen molar-refractivity contribution in [1.82, 2.24) is 25.3 Å². The molecule has 1 aliphatic carbocycles. The Morgan fingerprint density at radius 2 is 1.68 bits per heavy atom. The molecule has 0 radical (unpaired) electrons. The minimum atomic E-state index is -5.03. The van der Waals surface area contributed by atoms with Gasteiger partial charge in [0.2, 0.25) is 5.95 Å². The van der Waals surface area contributed by atoms with Crippen molar-refractivity contribution in [2.24, 2.45) is 0 Å². The molecule has 11 nitrogen and oxygen atoms in total. The number of aromatic nitrogens is 4. The summed E-state index contributed by atoms with van der Waals surface area (Å²) in [7, 11) is -4.82. The van der Waals surface area contributed by atoms with Gasteiger partial charge in [0.15, 0.2) is 5.69 Å². The van der Waals surface area contributed by atoms with Gasteiger partial charge in [0, 0.05) is 23.8 Å². The first-order valence-electron chi connectivity index (χ1n) is 14.7. The Morgan fingerprint density at radius 3 is 2.34 bits per heavy atom. The number of alkyl carbamates (subject to hydrolysis) is 1. The highest BCUT2D eigenvalue weighted by Crippen LogP contribution is 2.34. The molecule has 0 atom stereocenters. The number of anilines is 2. The summed E-state index contributed by atoms with van der Waals surface area (Å²) in [5.74, 6) is -0.599. The third-order valence-electron chi connectivity index (χ3n) is 7.36. The number of nitrogens with zero attached hydrogens (tertiary/aromatic N) is 4. The van der Waals surface area contributed by atoms with Crippen LogP contribution >= 0.6 is 0 Å². The van der Waals surface area contributed by atoms with Crippen molar-refractivity contribution in [3.05, 3.63) is 65.9 Å². The second kappa shape index (κ2) is 12.9. The van der Waals surface area contributed by atoms with Crippen LogP contribution in [0.2, 0.25) is 0 Å². The molecule has 5 rings (SSSR count). The molecule has 250 valence electrons. The van der Waals surface area contributed by atoms with Crippen molar-refractivity contribution >= 4 is 38.8 Å². The lowest BCUT2D eigenvalue weighted by atomic mass is 9.91. The monoisotopic (exact) mass is 675 g/mol. The molecule has 0 saturated heterocycles. The van der Waals surface area contributed by atoms with Gasteiger partial charge in [0.05, 0.1) is 23.1 Å². The van der Waals surface area contributed by atoms with Crippen LogP contribution < -0.4 is 15.4 Å². The van der Waals surface area contributed by atoms with E-state index in [4.69, 9.17) is 4.74 Å². The van der Waals surface area contributed by atoms with Crippen LogP contribution in [-0.4, -0.2) is 52.1 Å². The van der Waals surface area contributed by atoms with E-state index in [2.05, 4.69) is 30.6 Å². The first-order valence-corrected chi connectivity index (χ1v) is 16.2. The molecule has 4 aromatic rings. The Balaban J connectivity index is 1.27. The van der Waals surface area contributed by atoms with Crippen molar-refractivity contribution < 1.29 is 35.5 Å². The number of carbonyl (C=O) groups excluding carboxylic acids is 1. The average molecular weight is 676 g/mol. The quantitative estimate of drug-likeness (QED) is 0.184. The standard InChI is InChI=1S/C31H33F4N7O4S/c1-17-14-23(18-7-12-22(21(32)15-18)42-47(44,45)25-6-5-13-36-27(25)31(33,34)35)40-24-16-37-28(41-26(17)24)38-19-8-10-20(11-9-19)39-29(43)46-30(2,3)4/h5-7,12-16,19-20,42H,8-11H2,1-4H3,(H,39,43)(H,37,38,41). The number of aryl methyl sites for hydroxylation is 1. The Labute approximate surface area is 268 Å². The SMILES string of the molecule is Cc1cc(-c2ccc(NS(=O)(=O)c3cccnc3C(F)(F)F)c(F)c2)nc2cnc(NC3CCC(NC(=O)OC(C)(C)C)CC3)nc12. The van der Waals surface area contributed by atoms with Crippen LogP contribution in [0.1, 0.15) is 57.7 Å². The number of benzene rings is 1. The zero-order valence-corrected chi connectivity index (χ0v) is 26.8. The van der Waals surface area contributed by atoms with E-state index in [1.54, 1.807) is 12.3 Å². The first kappa shape index (κ1) is 33.8. The molecule has 0 unspecified atom stereocenters. The second-order valence-electron chi connectivity index (χ2n) is 12.2. The minimum absolute atomic E-state index is 0.0211. The van der Waals surface area contributed by atoms with Gasteiger partial charge < -0.3 is 15.4 Å². The lowest BCUT2D eigenvalue weighted by Gasteiger charge is -2.30. The molecule has 3 N–H and O–H groups in total. The fourth-order valence-corrected chi connectivity index (χ4v) is 6.46. The maximum atomic E-state index is 15.1. The molecule has 0 aliphatic heterocycles. The van der Waals surface area contributed by atoms with E-state index in [-0.39, 0.29) is 12.1 Å². The summed E-state index contributed by atoms with van der Waals surface area (Å²) < 4.78 is 87.8. The smallest absolute Gasteiger partial charge is 0.434 e. The minimum Gasteiger partial charge on any atom is -0.444 e. The lowest BCUT2D eigenvalue weighted by molar-refractivity contribution is -0.143. The van der Waals surface area contributed by atoms with Crippen molar-refractivity contribution in [2.75, 3.05) is 10.0 Å². The molecule has 0 spiro atoms. The van der Waals surface area contributed by atoms with E-state index in [0.717, 1.165) is 61.7 Å². The van der Waals surface area contributed by atoms with Crippen LogP contribution in [0.5, 0.6) is 0 Å². The molecule has 0 bridgehead atoms. The van der Waals surface area contributed by atoms with Crippen molar-refractivity contribution in [1.29, 1.82) is 0 Å². The van der Waals surface area contributed by atoms with E-state index in [1.807, 2.05) is 32.4 Å². The largest absolute Gasteiger partial charge is 0.444 e. The molecular weight excluding hydrogens is 642 g/mol. The van der Waals surface area contributed by atoms with Gasteiger partial charge in [-0.25, -0.2) is 32.6 Å². The number of ether oxygens (including phenoxy) is 1. The number of hydrogen-bond acceptors (Lipinski definition) is 9. The van der Waals surface area contributed by atoms with Crippen LogP contribution in [0.3, 0.4) is 0 Å². The second-order valence-corrected chi connectivity index (χ2v) is 13.9. The number of carbonyl (C=O) groups is 1. The highest BCUT2D eigenvalue weighted by atomic mass is 32.2. The molecule has 3 aromatic heterocycles. The van der Waals surface area contributed by atoms with Crippen LogP contribution in [0, 0.1) is 12.7 Å². The van der Waals surface area contributed by atoms with Crippen LogP contribution in [0.25, 0.3) is 22.3 Å². The molecule has 16 heteroatoms. The van der Waals surface area contributed by atoms with Crippen molar-refractivity contribution in [2.45, 2.75) is 82.1 Å². The normalized spacial score (nSPS) is 17.3. The maximum absolute atomic E-state index is 15.1. The van der Waals surface area contributed by atoms with Crippen LogP contribution in [0.15, 0.2) is 53.7 Å². The van der Waals surface area contributed by atoms with Gasteiger partial charge in [0.25, 0.3) is 10.0 Å². The molecule has 1 amide bonds. The first-order chi connectivity index (χ1) is 22.0. The fraction of sp³-hybridized carbons (Fsp3) is 0.387. The van der Waals surface area contributed by atoms with E-state index in [9.17, 15) is 26.4 Å². The van der Waals surface area contributed by atoms with E-state index in [0.29, 0.717) is 28.2 Å². The average Bonchev–Trinajstić information content (AvgIpc) is 2.98. The van der Waals surface area contributed by atoms with Crippen LogP contribution in [-0.2, 0) is 20.9 Å². The zero-order valence-electron chi connectivity index (χ0n) is 25.9. The predicted octanol–water partition coefficient (Wildman–Crippen LogP) is 6.60. The number of hydrogen-bond donors (Lipinski definition) is 3. The van der Waals surface area contributed by atoms with Crippen molar-refractivity contribution in [3.8, 4) is 11.3 Å². The van der Waals surface area contributed by atoms with Gasteiger partial charge in [-0.1, -0.05) is 6.07 Å². The predicted molar refractivity (Wildman–Crippen MR) is 167 cm³/mol. The van der Waals surface area contributed by atoms with Gasteiger partial charge in [-0.15, -0.1) is 0 Å². The maximum Gasteiger partial charge on any atom is 0.434 e. The third kappa shape index (κ3) is 8.22. The molecule has 1 aliphatic rings. The summed E-state index contributed by atoms with van der Waals surface area (Å²) in [6, 6.07) is 7.13. The molecule has 47 heavy (non-hydrogen) atoms. The van der Waals surface area contributed by atoms with Crippen molar-refractivity contribution in [3.63, 3.8) is 0 Å². The highest BCUT2D eigenvalue weighted by Gasteiger charge is 2.39. The third-order valence-corrected chi connectivity index (χ3v) is 8.75. The zero-order chi connectivity index (χ0) is 34.1. The molecular formula is C31H33F4N7O4S. The van der Waals surface area contributed by atoms with E-state index in [1.165, 1.54) is 6.07 Å². The Bertz CT molecular complexity index is 1910. The number of nitrogens with one attached hydrogen (secondary N) is 3. The highest BCUT2D eigenvalue weighted by molar-refractivity contribution is 7.92. The molecule has 1 fully saturated rings.